The van der Waals surface area contributed by atoms with Crippen LogP contribution >= 0.6 is 35.6 Å². The van der Waals surface area contributed by atoms with Crippen LogP contribution in [0.25, 0.3) is 0 Å². The van der Waals surface area contributed by atoms with Gasteiger partial charge in [-0.15, -0.1) is 24.0 Å². The van der Waals surface area contributed by atoms with Crippen LogP contribution in [0.4, 0.5) is 0 Å². The Morgan fingerprint density at radius 1 is 1.24 bits per heavy atom. The van der Waals surface area contributed by atoms with Crippen LogP contribution in [0.2, 0.25) is 5.02 Å². The molecule has 25 heavy (non-hydrogen) atoms. The molecule has 1 aromatic carbocycles. The average molecular weight is 484 g/mol. The molecule has 1 heterocycles. The van der Waals surface area contributed by atoms with Crippen molar-refractivity contribution in [1.82, 2.24) is 10.6 Å². The van der Waals surface area contributed by atoms with E-state index in [0.29, 0.717) is 56.0 Å². The van der Waals surface area contributed by atoms with Crippen molar-refractivity contribution in [2.75, 3.05) is 39.5 Å². The van der Waals surface area contributed by atoms with Crippen LogP contribution in [0.15, 0.2) is 17.1 Å². The van der Waals surface area contributed by atoms with Crippen molar-refractivity contribution in [3.8, 4) is 11.5 Å². The molecule has 0 spiro atoms. The van der Waals surface area contributed by atoms with Crippen LogP contribution in [0.1, 0.15) is 25.8 Å². The Balaban J connectivity index is 0.00000312. The number of aliphatic imine (C=N–C) groups is 1. The first-order valence-corrected chi connectivity index (χ1v) is 8.80. The fourth-order valence-corrected chi connectivity index (χ4v) is 2.56. The summed E-state index contributed by atoms with van der Waals surface area (Å²) in [5.41, 5.74) is 0.978. The van der Waals surface area contributed by atoms with Crippen molar-refractivity contribution < 1.29 is 14.2 Å². The maximum atomic E-state index is 6.31. The highest BCUT2D eigenvalue weighted by Crippen LogP contribution is 2.38. The minimum atomic E-state index is 0. The molecule has 0 bridgehead atoms. The lowest BCUT2D eigenvalue weighted by Crippen LogP contribution is -2.39. The zero-order valence-corrected chi connectivity index (χ0v) is 17.9. The number of halogens is 2. The lowest BCUT2D eigenvalue weighted by Gasteiger charge is -2.13. The standard InChI is InChI=1S/C17H26ClN3O3.HI/c1-3-19-17(20-6-9-22-4-2)21-12-13-10-14(18)16-15(11-13)23-7-5-8-24-16;/h10-11H,3-9,12H2,1-2H3,(H2,19,20,21);1H. The van der Waals surface area contributed by atoms with Crippen molar-refractivity contribution >= 4 is 41.5 Å². The third-order valence-electron chi connectivity index (χ3n) is 3.37. The van der Waals surface area contributed by atoms with E-state index in [4.69, 9.17) is 25.8 Å². The Labute approximate surface area is 171 Å². The zero-order chi connectivity index (χ0) is 17.2. The first-order valence-electron chi connectivity index (χ1n) is 8.42. The minimum Gasteiger partial charge on any atom is -0.489 e. The van der Waals surface area contributed by atoms with Gasteiger partial charge in [0.25, 0.3) is 0 Å². The lowest BCUT2D eigenvalue weighted by atomic mass is 10.2. The van der Waals surface area contributed by atoms with E-state index < -0.39 is 0 Å². The van der Waals surface area contributed by atoms with Crippen molar-refractivity contribution in [1.29, 1.82) is 0 Å². The van der Waals surface area contributed by atoms with Gasteiger partial charge in [-0.3, -0.25) is 0 Å². The van der Waals surface area contributed by atoms with Crippen molar-refractivity contribution in [3.05, 3.63) is 22.7 Å². The molecule has 8 heteroatoms. The second-order valence-corrected chi connectivity index (χ2v) is 5.68. The molecule has 6 nitrogen and oxygen atoms in total. The Morgan fingerprint density at radius 2 is 2.04 bits per heavy atom. The molecular weight excluding hydrogens is 457 g/mol. The summed E-state index contributed by atoms with van der Waals surface area (Å²) in [5, 5.41) is 7.01. The summed E-state index contributed by atoms with van der Waals surface area (Å²) >= 11 is 6.31. The Hall–Kier alpha value is -0.930. The first-order chi connectivity index (χ1) is 11.7. The van der Waals surface area contributed by atoms with Gasteiger partial charge >= 0.3 is 0 Å². The third kappa shape index (κ3) is 7.45. The molecule has 0 amide bonds. The fraction of sp³-hybridized carbons (Fsp3) is 0.588. The fourth-order valence-electron chi connectivity index (χ4n) is 2.27. The Morgan fingerprint density at radius 3 is 2.80 bits per heavy atom. The van der Waals surface area contributed by atoms with Crippen molar-refractivity contribution in [2.24, 2.45) is 4.99 Å². The molecule has 0 fully saturated rings. The number of nitrogens with zero attached hydrogens (tertiary/aromatic N) is 1. The molecule has 1 aliphatic rings. The van der Waals surface area contributed by atoms with E-state index in [9.17, 15) is 0 Å². The van der Waals surface area contributed by atoms with Crippen LogP contribution < -0.4 is 20.1 Å². The highest BCUT2D eigenvalue weighted by Gasteiger charge is 2.15. The number of benzene rings is 1. The molecule has 0 aliphatic carbocycles. The number of hydrogen-bond donors (Lipinski definition) is 2. The highest BCUT2D eigenvalue weighted by atomic mass is 127. The van der Waals surface area contributed by atoms with Gasteiger partial charge < -0.3 is 24.8 Å². The first kappa shape index (κ1) is 22.1. The van der Waals surface area contributed by atoms with Gasteiger partial charge in [0.2, 0.25) is 0 Å². The summed E-state index contributed by atoms with van der Waals surface area (Å²) in [6.07, 6.45) is 0.854. The molecule has 0 saturated heterocycles. The summed E-state index contributed by atoms with van der Waals surface area (Å²) in [7, 11) is 0. The van der Waals surface area contributed by atoms with Gasteiger partial charge in [-0.05, 0) is 31.5 Å². The van der Waals surface area contributed by atoms with Crippen LogP contribution in [-0.2, 0) is 11.3 Å². The van der Waals surface area contributed by atoms with Gasteiger partial charge in [-0.1, -0.05) is 11.6 Å². The van der Waals surface area contributed by atoms with E-state index in [1.807, 2.05) is 26.0 Å². The number of hydrogen-bond acceptors (Lipinski definition) is 4. The topological polar surface area (TPSA) is 64.1 Å². The third-order valence-corrected chi connectivity index (χ3v) is 3.65. The molecule has 0 saturated carbocycles. The maximum Gasteiger partial charge on any atom is 0.191 e. The number of ether oxygens (including phenoxy) is 3. The summed E-state index contributed by atoms with van der Waals surface area (Å²) in [6.45, 7) is 8.64. The molecular formula is C17H27ClIN3O3. The van der Waals surface area contributed by atoms with Crippen LogP contribution in [0, 0.1) is 0 Å². The summed E-state index contributed by atoms with van der Waals surface area (Å²) < 4.78 is 16.7. The number of nitrogens with one attached hydrogen (secondary N) is 2. The molecule has 0 atom stereocenters. The second kappa shape index (κ2) is 12.4. The zero-order valence-electron chi connectivity index (χ0n) is 14.8. The van der Waals surface area contributed by atoms with Gasteiger partial charge in [-0.2, -0.15) is 0 Å². The predicted molar refractivity (Wildman–Crippen MR) is 112 cm³/mol. The molecule has 0 aromatic heterocycles. The largest absolute Gasteiger partial charge is 0.489 e. The molecule has 0 radical (unpaired) electrons. The average Bonchev–Trinajstić information content (AvgIpc) is 2.82. The van der Waals surface area contributed by atoms with Gasteiger partial charge in [0, 0.05) is 26.1 Å². The minimum absolute atomic E-state index is 0. The molecule has 1 aliphatic heterocycles. The van der Waals surface area contributed by atoms with E-state index in [2.05, 4.69) is 15.6 Å². The normalized spacial score (nSPS) is 13.6. The van der Waals surface area contributed by atoms with E-state index in [1.54, 1.807) is 0 Å². The molecule has 2 rings (SSSR count). The number of rotatable bonds is 7. The quantitative estimate of drug-likeness (QED) is 0.270. The summed E-state index contributed by atoms with van der Waals surface area (Å²) in [6, 6.07) is 3.82. The van der Waals surface area contributed by atoms with Crippen molar-refractivity contribution in [3.63, 3.8) is 0 Å². The molecule has 1 aromatic rings. The molecule has 2 N–H and O–H groups in total. The van der Waals surface area contributed by atoms with Crippen LogP contribution in [-0.4, -0.2) is 45.5 Å². The Bertz CT molecular complexity index is 558. The van der Waals surface area contributed by atoms with Gasteiger partial charge in [0.15, 0.2) is 17.5 Å². The SMILES string of the molecule is CCNC(=NCc1cc(Cl)c2c(c1)OCCCO2)NCCOCC.I. The monoisotopic (exact) mass is 483 g/mol. The Kier molecular flexibility index (Phi) is 11.0. The van der Waals surface area contributed by atoms with E-state index in [-0.39, 0.29) is 24.0 Å². The predicted octanol–water partition coefficient (Wildman–Crippen LogP) is 3.21. The van der Waals surface area contributed by atoms with E-state index in [0.717, 1.165) is 24.5 Å². The van der Waals surface area contributed by atoms with E-state index in [1.165, 1.54) is 0 Å². The lowest BCUT2D eigenvalue weighted by molar-refractivity contribution is 0.152. The van der Waals surface area contributed by atoms with Crippen LogP contribution in [0.3, 0.4) is 0 Å². The highest BCUT2D eigenvalue weighted by molar-refractivity contribution is 14.0. The summed E-state index contributed by atoms with van der Waals surface area (Å²) in [5.74, 6) is 2.07. The van der Waals surface area contributed by atoms with Crippen molar-refractivity contribution in [2.45, 2.75) is 26.8 Å². The number of guanidine groups is 1. The van der Waals surface area contributed by atoms with Crippen LogP contribution in [0.5, 0.6) is 11.5 Å². The second-order valence-electron chi connectivity index (χ2n) is 5.27. The summed E-state index contributed by atoms with van der Waals surface area (Å²) in [4.78, 5) is 4.58. The molecule has 142 valence electrons. The van der Waals surface area contributed by atoms with E-state index >= 15 is 0 Å². The smallest absolute Gasteiger partial charge is 0.191 e. The van der Waals surface area contributed by atoms with Gasteiger partial charge in [-0.25, -0.2) is 4.99 Å². The number of fused-ring (bicyclic) bond motifs is 1. The molecule has 0 unspecified atom stereocenters. The maximum absolute atomic E-state index is 6.31. The van der Waals surface area contributed by atoms with Gasteiger partial charge in [0.05, 0.1) is 31.4 Å². The van der Waals surface area contributed by atoms with Gasteiger partial charge in [0.1, 0.15) is 0 Å².